The summed E-state index contributed by atoms with van der Waals surface area (Å²) in [5.41, 5.74) is 0.611. The maximum Gasteiger partial charge on any atom is 0.257 e. The molecule has 1 aromatic heterocycles. The number of benzene rings is 1. The Bertz CT molecular complexity index is 791. The number of aromatic hydroxyl groups is 1. The minimum Gasteiger partial charge on any atom is -0.493 e. The smallest absolute Gasteiger partial charge is 0.257 e. The van der Waals surface area contributed by atoms with Gasteiger partial charge in [0.05, 0.1) is 11.8 Å². The van der Waals surface area contributed by atoms with Gasteiger partial charge in [0.1, 0.15) is 0 Å². The Morgan fingerprint density at radius 2 is 2.04 bits per heavy atom. The summed E-state index contributed by atoms with van der Waals surface area (Å²) in [6.45, 7) is 4.82. The molecular weight excluding hydrogens is 362 g/mol. The van der Waals surface area contributed by atoms with Crippen molar-refractivity contribution in [2.75, 3.05) is 5.75 Å². The lowest BCUT2D eigenvalue weighted by Crippen LogP contribution is -2.27. The van der Waals surface area contributed by atoms with E-state index in [0.29, 0.717) is 23.3 Å². The van der Waals surface area contributed by atoms with Crippen molar-refractivity contribution in [3.8, 4) is 5.88 Å². The highest BCUT2D eigenvalue weighted by Gasteiger charge is 2.12. The Morgan fingerprint density at radius 1 is 1.36 bits per heavy atom. The lowest BCUT2D eigenvalue weighted by atomic mass is 10.2. The second-order valence-corrected chi connectivity index (χ2v) is 7.31. The molecule has 0 saturated carbocycles. The standard InChI is InChI=1S/C17H20ClN3O3S/c1-11(2)9-21-16(24)7-14(22)20-17(21)25-10-15(23)19-8-12-3-5-13(18)6-4-12/h3-7,11,22H,8-10H2,1-2H3,(H,19,23). The molecule has 0 fully saturated rings. The molecule has 0 aliphatic carbocycles. The number of nitrogens with zero attached hydrogens (tertiary/aromatic N) is 2. The molecular formula is C17H20ClN3O3S. The van der Waals surface area contributed by atoms with Gasteiger partial charge in [-0.05, 0) is 23.6 Å². The first-order chi connectivity index (χ1) is 11.8. The molecule has 1 heterocycles. The Labute approximate surface area is 155 Å². The first-order valence-electron chi connectivity index (χ1n) is 7.80. The van der Waals surface area contributed by atoms with Gasteiger partial charge in [0, 0.05) is 18.1 Å². The Hall–Kier alpha value is -1.99. The van der Waals surface area contributed by atoms with Gasteiger partial charge >= 0.3 is 0 Å². The maximum absolute atomic E-state index is 12.0. The van der Waals surface area contributed by atoms with E-state index in [4.69, 9.17) is 11.6 Å². The lowest BCUT2D eigenvalue weighted by Gasteiger charge is -2.13. The highest BCUT2D eigenvalue weighted by molar-refractivity contribution is 7.99. The van der Waals surface area contributed by atoms with E-state index in [1.54, 1.807) is 12.1 Å². The number of rotatable bonds is 7. The van der Waals surface area contributed by atoms with Crippen LogP contribution in [0.3, 0.4) is 0 Å². The van der Waals surface area contributed by atoms with Gasteiger partial charge in [0.2, 0.25) is 11.8 Å². The number of hydrogen-bond donors (Lipinski definition) is 2. The van der Waals surface area contributed by atoms with Crippen LogP contribution in [0, 0.1) is 5.92 Å². The minimum absolute atomic E-state index is 0.0988. The van der Waals surface area contributed by atoms with Crippen LogP contribution in [0.2, 0.25) is 5.02 Å². The van der Waals surface area contributed by atoms with Gasteiger partial charge in [-0.2, -0.15) is 4.98 Å². The van der Waals surface area contributed by atoms with Crippen molar-refractivity contribution in [1.82, 2.24) is 14.9 Å². The second kappa shape index (κ2) is 8.92. The van der Waals surface area contributed by atoms with Crippen molar-refractivity contribution < 1.29 is 9.90 Å². The summed E-state index contributed by atoms with van der Waals surface area (Å²) >= 11 is 6.94. The molecule has 0 radical (unpaired) electrons. The molecule has 2 rings (SSSR count). The van der Waals surface area contributed by atoms with E-state index in [0.717, 1.165) is 23.4 Å². The molecule has 0 atom stereocenters. The number of aromatic nitrogens is 2. The molecule has 0 aliphatic heterocycles. The van der Waals surface area contributed by atoms with Gasteiger partial charge in [0.25, 0.3) is 5.56 Å². The Kier molecular flexibility index (Phi) is 6.90. The zero-order chi connectivity index (χ0) is 18.4. The van der Waals surface area contributed by atoms with Gasteiger partial charge in [0.15, 0.2) is 5.16 Å². The molecule has 2 N–H and O–H groups in total. The van der Waals surface area contributed by atoms with Crippen LogP contribution in [0.1, 0.15) is 19.4 Å². The summed E-state index contributed by atoms with van der Waals surface area (Å²) in [5, 5.41) is 13.3. The molecule has 1 aromatic carbocycles. The predicted octanol–water partition coefficient (Wildman–Crippen LogP) is 2.67. The normalized spacial score (nSPS) is 10.9. The van der Waals surface area contributed by atoms with Gasteiger partial charge in [-0.15, -0.1) is 0 Å². The number of halogens is 1. The van der Waals surface area contributed by atoms with Crippen LogP contribution in [0.5, 0.6) is 5.88 Å². The summed E-state index contributed by atoms with van der Waals surface area (Å²) in [4.78, 5) is 28.0. The molecule has 0 unspecified atom stereocenters. The first kappa shape index (κ1) is 19.3. The van der Waals surface area contributed by atoms with Crippen LogP contribution in [-0.2, 0) is 17.9 Å². The van der Waals surface area contributed by atoms with Gasteiger partial charge in [-0.25, -0.2) is 0 Å². The van der Waals surface area contributed by atoms with Gasteiger partial charge in [-0.3, -0.25) is 14.2 Å². The van der Waals surface area contributed by atoms with Crippen molar-refractivity contribution in [2.24, 2.45) is 5.92 Å². The summed E-state index contributed by atoms with van der Waals surface area (Å²) in [5.74, 6) is -0.188. The van der Waals surface area contributed by atoms with E-state index in [-0.39, 0.29) is 29.0 Å². The van der Waals surface area contributed by atoms with Crippen LogP contribution in [-0.4, -0.2) is 26.3 Å². The van der Waals surface area contributed by atoms with Gasteiger partial charge in [-0.1, -0.05) is 49.3 Å². The van der Waals surface area contributed by atoms with Crippen molar-refractivity contribution in [2.45, 2.75) is 32.1 Å². The highest BCUT2D eigenvalue weighted by atomic mass is 35.5. The van der Waals surface area contributed by atoms with Gasteiger partial charge < -0.3 is 10.4 Å². The Morgan fingerprint density at radius 3 is 2.68 bits per heavy atom. The van der Waals surface area contributed by atoms with E-state index < -0.39 is 0 Å². The van der Waals surface area contributed by atoms with E-state index >= 15 is 0 Å². The zero-order valence-electron chi connectivity index (χ0n) is 14.0. The molecule has 0 bridgehead atoms. The average molecular weight is 382 g/mol. The third-order valence-electron chi connectivity index (χ3n) is 3.24. The van der Waals surface area contributed by atoms with Crippen LogP contribution < -0.4 is 10.9 Å². The fraction of sp³-hybridized carbons (Fsp3) is 0.353. The summed E-state index contributed by atoms with van der Waals surface area (Å²) in [7, 11) is 0. The minimum atomic E-state index is -0.339. The third kappa shape index (κ3) is 6.10. The first-order valence-corrected chi connectivity index (χ1v) is 9.16. The lowest BCUT2D eigenvalue weighted by molar-refractivity contribution is -0.118. The predicted molar refractivity (Wildman–Crippen MR) is 99.0 cm³/mol. The number of nitrogens with one attached hydrogen (secondary N) is 1. The van der Waals surface area contributed by atoms with E-state index in [2.05, 4.69) is 10.3 Å². The van der Waals surface area contributed by atoms with E-state index in [1.807, 2.05) is 26.0 Å². The molecule has 0 spiro atoms. The third-order valence-corrected chi connectivity index (χ3v) is 4.47. The summed E-state index contributed by atoms with van der Waals surface area (Å²) in [6, 6.07) is 8.28. The highest BCUT2D eigenvalue weighted by Crippen LogP contribution is 2.17. The molecule has 0 saturated heterocycles. The number of amides is 1. The van der Waals surface area contributed by atoms with Crippen molar-refractivity contribution in [1.29, 1.82) is 0 Å². The largest absolute Gasteiger partial charge is 0.493 e. The van der Waals surface area contributed by atoms with Crippen LogP contribution in [0.15, 0.2) is 40.3 Å². The van der Waals surface area contributed by atoms with Crippen LogP contribution in [0.25, 0.3) is 0 Å². The van der Waals surface area contributed by atoms with E-state index in [9.17, 15) is 14.7 Å². The monoisotopic (exact) mass is 381 g/mol. The molecule has 1 amide bonds. The topological polar surface area (TPSA) is 84.2 Å². The summed E-state index contributed by atoms with van der Waals surface area (Å²) < 4.78 is 1.47. The number of hydrogen-bond acceptors (Lipinski definition) is 5. The number of carbonyl (C=O) groups excluding carboxylic acids is 1. The van der Waals surface area contributed by atoms with Crippen molar-refractivity contribution in [3.63, 3.8) is 0 Å². The average Bonchev–Trinajstić information content (AvgIpc) is 2.55. The fourth-order valence-electron chi connectivity index (χ4n) is 2.10. The SMILES string of the molecule is CC(C)Cn1c(SCC(=O)NCc2ccc(Cl)cc2)nc(O)cc1=O. The van der Waals surface area contributed by atoms with E-state index in [1.165, 1.54) is 4.57 Å². The molecule has 134 valence electrons. The molecule has 25 heavy (non-hydrogen) atoms. The van der Waals surface area contributed by atoms with Crippen LogP contribution in [0.4, 0.5) is 0 Å². The molecule has 6 nitrogen and oxygen atoms in total. The molecule has 0 aliphatic rings. The number of thioether (sulfide) groups is 1. The van der Waals surface area contributed by atoms with Crippen molar-refractivity contribution in [3.05, 3.63) is 51.3 Å². The fourth-order valence-corrected chi connectivity index (χ4v) is 3.07. The second-order valence-electron chi connectivity index (χ2n) is 5.93. The summed E-state index contributed by atoms with van der Waals surface area (Å²) in [6.07, 6.45) is 0. The zero-order valence-corrected chi connectivity index (χ0v) is 15.6. The molecule has 8 heteroatoms. The molecule has 2 aromatic rings. The Balaban J connectivity index is 1.96. The number of carbonyl (C=O) groups is 1. The van der Waals surface area contributed by atoms with Crippen LogP contribution >= 0.6 is 23.4 Å². The van der Waals surface area contributed by atoms with Crippen molar-refractivity contribution >= 4 is 29.3 Å². The quantitative estimate of drug-likeness (QED) is 0.569. The maximum atomic E-state index is 12.0.